The van der Waals surface area contributed by atoms with Crippen LogP contribution in [0.15, 0.2) is 180 Å². The molecule has 1 aromatic heterocycles. The first kappa shape index (κ1) is 26.3. The zero-order valence-electron chi connectivity index (χ0n) is 25.1. The lowest BCUT2D eigenvalue weighted by atomic mass is 9.92. The van der Waals surface area contributed by atoms with Gasteiger partial charge in [0.25, 0.3) is 0 Å². The fraction of sp³-hybridized carbons (Fsp3) is 0. The van der Waals surface area contributed by atoms with Gasteiger partial charge in [0.1, 0.15) is 11.2 Å². The highest BCUT2D eigenvalue weighted by Crippen LogP contribution is 2.45. The van der Waals surface area contributed by atoms with E-state index < -0.39 is 0 Å². The molecule has 2 nitrogen and oxygen atoms in total. The molecule has 0 saturated heterocycles. The van der Waals surface area contributed by atoms with Crippen molar-refractivity contribution in [3.05, 3.63) is 176 Å². The minimum Gasteiger partial charge on any atom is -0.456 e. The number of furan rings is 1. The van der Waals surface area contributed by atoms with Crippen molar-refractivity contribution in [2.45, 2.75) is 0 Å². The van der Waals surface area contributed by atoms with Crippen LogP contribution in [-0.2, 0) is 0 Å². The van der Waals surface area contributed by atoms with E-state index in [1.807, 2.05) is 6.07 Å². The van der Waals surface area contributed by atoms with Crippen LogP contribution in [0.5, 0.6) is 0 Å². The topological polar surface area (TPSA) is 16.4 Å². The van der Waals surface area contributed by atoms with Gasteiger partial charge in [-0.3, -0.25) is 0 Å². The lowest BCUT2D eigenvalue weighted by Gasteiger charge is -2.27. The Morgan fingerprint density at radius 2 is 1.04 bits per heavy atom. The molecule has 1 heterocycles. The predicted octanol–water partition coefficient (Wildman–Crippen LogP) is 12.7. The van der Waals surface area contributed by atoms with Gasteiger partial charge in [0.2, 0.25) is 0 Å². The quantitative estimate of drug-likeness (QED) is 0.199. The van der Waals surface area contributed by atoms with Crippen LogP contribution in [0.3, 0.4) is 0 Å². The number of para-hydroxylation sites is 2. The van der Waals surface area contributed by atoms with Gasteiger partial charge in [-0.05, 0) is 86.9 Å². The van der Waals surface area contributed by atoms with E-state index in [0.29, 0.717) is 0 Å². The lowest BCUT2D eigenvalue weighted by Crippen LogP contribution is -2.10. The highest BCUT2D eigenvalue weighted by Gasteiger charge is 2.19. The van der Waals surface area contributed by atoms with Gasteiger partial charge >= 0.3 is 0 Å². The second-order valence-electron chi connectivity index (χ2n) is 11.7. The first-order valence-electron chi connectivity index (χ1n) is 15.7. The van der Waals surface area contributed by atoms with Gasteiger partial charge in [-0.25, -0.2) is 0 Å². The molecule has 0 saturated carbocycles. The molecule has 46 heavy (non-hydrogen) atoms. The summed E-state index contributed by atoms with van der Waals surface area (Å²) < 4.78 is 6.49. The molecule has 2 heteroatoms. The van der Waals surface area contributed by atoms with Crippen molar-refractivity contribution in [1.29, 1.82) is 0 Å². The molecule has 9 aromatic rings. The molecule has 0 unspecified atom stereocenters. The Kier molecular flexibility index (Phi) is 6.17. The molecule has 0 aliphatic carbocycles. The van der Waals surface area contributed by atoms with E-state index in [0.717, 1.165) is 50.1 Å². The summed E-state index contributed by atoms with van der Waals surface area (Å²) in [6.07, 6.45) is 0. The average Bonchev–Trinajstić information content (AvgIpc) is 3.51. The second-order valence-corrected chi connectivity index (χ2v) is 11.7. The summed E-state index contributed by atoms with van der Waals surface area (Å²) in [5.74, 6) is 0. The Balaban J connectivity index is 1.34. The molecule has 0 aliphatic rings. The van der Waals surface area contributed by atoms with E-state index in [2.05, 4.69) is 175 Å². The van der Waals surface area contributed by atoms with Gasteiger partial charge < -0.3 is 9.32 Å². The Bertz CT molecular complexity index is 2520. The molecular weight excluding hydrogens is 558 g/mol. The number of fused-ring (bicyclic) bond motifs is 6. The predicted molar refractivity (Wildman–Crippen MR) is 194 cm³/mol. The summed E-state index contributed by atoms with van der Waals surface area (Å²) in [5.41, 5.74) is 9.85. The van der Waals surface area contributed by atoms with Crippen molar-refractivity contribution in [1.82, 2.24) is 0 Å². The first-order chi connectivity index (χ1) is 22.8. The summed E-state index contributed by atoms with van der Waals surface area (Å²) in [6, 6.07) is 62.7. The maximum atomic E-state index is 6.49. The third kappa shape index (κ3) is 4.35. The maximum Gasteiger partial charge on any atom is 0.136 e. The SMILES string of the molecule is c1ccc(-c2cccc(-c3cc4oc5ccccc5c4c4ccc(N(c5ccccc5)c5cccc6ccccc56)cc34)c2)cc1. The molecule has 0 fully saturated rings. The zero-order chi connectivity index (χ0) is 30.5. The minimum atomic E-state index is 0.899. The molecule has 0 amide bonds. The third-order valence-corrected chi connectivity index (χ3v) is 9.02. The van der Waals surface area contributed by atoms with Crippen molar-refractivity contribution in [2.24, 2.45) is 0 Å². The number of hydrogen-bond donors (Lipinski definition) is 0. The standard InChI is InChI=1S/C44H29NO/c1-3-13-30(14-4-1)32-17-11-18-33(27-32)39-29-43-44(38-22-9-10-24-42(38)46-43)37-26-25-35(28-40(37)39)45(34-19-5-2-6-20-34)41-23-12-16-31-15-7-8-21-36(31)41/h1-29H. The van der Waals surface area contributed by atoms with E-state index in [4.69, 9.17) is 4.42 Å². The van der Waals surface area contributed by atoms with E-state index in [1.165, 1.54) is 32.7 Å². The van der Waals surface area contributed by atoms with Gasteiger partial charge in [0, 0.05) is 27.5 Å². The molecule has 9 rings (SSSR count). The molecule has 0 aliphatic heterocycles. The molecule has 0 spiro atoms. The molecule has 0 radical (unpaired) electrons. The van der Waals surface area contributed by atoms with E-state index in [9.17, 15) is 0 Å². The first-order valence-corrected chi connectivity index (χ1v) is 15.7. The lowest BCUT2D eigenvalue weighted by molar-refractivity contribution is 0.669. The molecular formula is C44H29NO. The monoisotopic (exact) mass is 587 g/mol. The smallest absolute Gasteiger partial charge is 0.136 e. The number of hydrogen-bond acceptors (Lipinski definition) is 2. The normalized spacial score (nSPS) is 11.5. The van der Waals surface area contributed by atoms with Gasteiger partial charge in [-0.2, -0.15) is 0 Å². The largest absolute Gasteiger partial charge is 0.456 e. The zero-order valence-corrected chi connectivity index (χ0v) is 25.1. The Morgan fingerprint density at radius 1 is 0.370 bits per heavy atom. The highest BCUT2D eigenvalue weighted by molar-refractivity contribution is 6.22. The van der Waals surface area contributed by atoms with Gasteiger partial charge in [-0.15, -0.1) is 0 Å². The number of benzene rings is 8. The highest BCUT2D eigenvalue weighted by atomic mass is 16.3. The van der Waals surface area contributed by atoms with E-state index in [-0.39, 0.29) is 0 Å². The van der Waals surface area contributed by atoms with Gasteiger partial charge in [-0.1, -0.05) is 127 Å². The number of anilines is 3. The fourth-order valence-electron chi connectivity index (χ4n) is 6.91. The molecule has 8 aromatic carbocycles. The Hall–Kier alpha value is -6.12. The van der Waals surface area contributed by atoms with Crippen LogP contribution in [0, 0.1) is 0 Å². The minimum absolute atomic E-state index is 0.899. The van der Waals surface area contributed by atoms with E-state index >= 15 is 0 Å². The summed E-state index contributed by atoms with van der Waals surface area (Å²) in [6.45, 7) is 0. The number of rotatable bonds is 5. The van der Waals surface area contributed by atoms with Crippen LogP contribution < -0.4 is 4.90 Å². The van der Waals surface area contributed by atoms with Crippen LogP contribution in [0.25, 0.3) is 65.7 Å². The summed E-state index contributed by atoms with van der Waals surface area (Å²) in [4.78, 5) is 2.38. The van der Waals surface area contributed by atoms with Crippen molar-refractivity contribution < 1.29 is 4.42 Å². The molecule has 0 bridgehead atoms. The van der Waals surface area contributed by atoms with Crippen LogP contribution in [0.2, 0.25) is 0 Å². The molecule has 0 N–H and O–H groups in total. The van der Waals surface area contributed by atoms with Crippen LogP contribution in [0.1, 0.15) is 0 Å². The Morgan fingerprint density at radius 3 is 1.91 bits per heavy atom. The average molecular weight is 588 g/mol. The van der Waals surface area contributed by atoms with Gasteiger partial charge in [0.15, 0.2) is 0 Å². The van der Waals surface area contributed by atoms with Gasteiger partial charge in [0.05, 0.1) is 5.69 Å². The summed E-state index contributed by atoms with van der Waals surface area (Å²) >= 11 is 0. The van der Waals surface area contributed by atoms with Crippen molar-refractivity contribution >= 4 is 60.5 Å². The fourth-order valence-corrected chi connectivity index (χ4v) is 6.91. The van der Waals surface area contributed by atoms with Crippen molar-refractivity contribution in [3.8, 4) is 22.3 Å². The van der Waals surface area contributed by atoms with Crippen molar-refractivity contribution in [2.75, 3.05) is 4.90 Å². The summed E-state index contributed by atoms with van der Waals surface area (Å²) in [5, 5.41) is 7.07. The summed E-state index contributed by atoms with van der Waals surface area (Å²) in [7, 11) is 0. The number of nitrogens with zero attached hydrogens (tertiary/aromatic N) is 1. The third-order valence-electron chi connectivity index (χ3n) is 9.02. The van der Waals surface area contributed by atoms with Crippen LogP contribution >= 0.6 is 0 Å². The second kappa shape index (κ2) is 10.8. The maximum absolute atomic E-state index is 6.49. The Labute approximate surface area is 267 Å². The van der Waals surface area contributed by atoms with Crippen molar-refractivity contribution in [3.63, 3.8) is 0 Å². The van der Waals surface area contributed by atoms with Crippen LogP contribution in [-0.4, -0.2) is 0 Å². The molecule has 216 valence electrons. The van der Waals surface area contributed by atoms with Crippen LogP contribution in [0.4, 0.5) is 17.1 Å². The van der Waals surface area contributed by atoms with E-state index in [1.54, 1.807) is 0 Å². The molecule has 0 atom stereocenters.